The number of rotatable bonds is 7. The highest BCUT2D eigenvalue weighted by Gasteiger charge is 2.20. The summed E-state index contributed by atoms with van der Waals surface area (Å²) in [6.45, 7) is 4.37. The first-order valence-electron chi connectivity index (χ1n) is 9.66. The Kier molecular flexibility index (Phi) is 6.26. The lowest BCUT2D eigenvalue weighted by Gasteiger charge is -2.07. The molecule has 0 fully saturated rings. The summed E-state index contributed by atoms with van der Waals surface area (Å²) in [6.07, 6.45) is 0. The van der Waals surface area contributed by atoms with Crippen molar-refractivity contribution in [3.05, 3.63) is 59.7 Å². The number of halogens is 2. The summed E-state index contributed by atoms with van der Waals surface area (Å²) >= 11 is 1.12. The number of carbonyl (C=O) groups excluding carboxylic acids is 1. The second-order valence-electron chi connectivity index (χ2n) is 6.80. The Hall–Kier alpha value is -3.60. The first-order chi connectivity index (χ1) is 15.4. The van der Waals surface area contributed by atoms with Gasteiger partial charge in [0.05, 0.1) is 11.4 Å². The predicted octanol–water partition coefficient (Wildman–Crippen LogP) is 4.33. The summed E-state index contributed by atoms with van der Waals surface area (Å²) < 4.78 is 33.8. The SMILES string of the molecule is CCn1c(SCC(=O)Nc2ccc(F)cc2F)nnc1-c1nc(-c2cccc(C)c2)no1. The second kappa shape index (κ2) is 9.27. The molecule has 0 aliphatic carbocycles. The molecular formula is C21H18F2N6O2S. The van der Waals surface area contributed by atoms with Gasteiger partial charge in [-0.2, -0.15) is 4.98 Å². The Morgan fingerprint density at radius 1 is 1.19 bits per heavy atom. The summed E-state index contributed by atoms with van der Waals surface area (Å²) in [6, 6.07) is 10.7. The van der Waals surface area contributed by atoms with Gasteiger partial charge in [-0.05, 0) is 32.0 Å². The van der Waals surface area contributed by atoms with Crippen LogP contribution in [-0.4, -0.2) is 36.6 Å². The fraction of sp³-hybridized carbons (Fsp3) is 0.190. The predicted molar refractivity (Wildman–Crippen MR) is 115 cm³/mol. The highest BCUT2D eigenvalue weighted by molar-refractivity contribution is 7.99. The molecule has 4 rings (SSSR count). The van der Waals surface area contributed by atoms with Gasteiger partial charge < -0.3 is 9.84 Å². The van der Waals surface area contributed by atoms with Crippen molar-refractivity contribution in [1.29, 1.82) is 0 Å². The van der Waals surface area contributed by atoms with E-state index in [1.54, 1.807) is 4.57 Å². The van der Waals surface area contributed by atoms with Crippen LogP contribution in [-0.2, 0) is 11.3 Å². The lowest BCUT2D eigenvalue weighted by atomic mass is 10.1. The van der Waals surface area contributed by atoms with Crippen LogP contribution in [0.2, 0.25) is 0 Å². The first-order valence-corrected chi connectivity index (χ1v) is 10.6. The average molecular weight is 456 g/mol. The molecule has 0 unspecified atom stereocenters. The molecular weight excluding hydrogens is 438 g/mol. The number of anilines is 1. The van der Waals surface area contributed by atoms with Crippen molar-refractivity contribution in [2.45, 2.75) is 25.5 Å². The van der Waals surface area contributed by atoms with Gasteiger partial charge in [0.25, 0.3) is 5.89 Å². The average Bonchev–Trinajstić information content (AvgIpc) is 3.41. The van der Waals surface area contributed by atoms with E-state index in [4.69, 9.17) is 4.52 Å². The zero-order chi connectivity index (χ0) is 22.7. The van der Waals surface area contributed by atoms with E-state index in [2.05, 4.69) is 25.7 Å². The number of amides is 1. The van der Waals surface area contributed by atoms with Gasteiger partial charge in [0.15, 0.2) is 5.16 Å². The van der Waals surface area contributed by atoms with E-state index in [1.807, 2.05) is 38.1 Å². The molecule has 0 aliphatic rings. The van der Waals surface area contributed by atoms with Crippen LogP contribution in [0, 0.1) is 18.6 Å². The third-order valence-corrected chi connectivity index (χ3v) is 5.43. The minimum absolute atomic E-state index is 0.0483. The summed E-state index contributed by atoms with van der Waals surface area (Å²) in [5.74, 6) is -1.05. The third kappa shape index (κ3) is 4.67. The van der Waals surface area contributed by atoms with Crippen molar-refractivity contribution in [3.8, 4) is 23.1 Å². The smallest absolute Gasteiger partial charge is 0.296 e. The van der Waals surface area contributed by atoms with Crippen LogP contribution in [0.25, 0.3) is 23.1 Å². The number of hydrogen-bond acceptors (Lipinski definition) is 7. The molecule has 11 heteroatoms. The second-order valence-corrected chi connectivity index (χ2v) is 7.75. The van der Waals surface area contributed by atoms with Gasteiger partial charge in [-0.3, -0.25) is 9.36 Å². The van der Waals surface area contributed by atoms with Crippen LogP contribution in [0.15, 0.2) is 52.1 Å². The Labute approximate surface area is 186 Å². The highest BCUT2D eigenvalue weighted by atomic mass is 32.2. The maximum atomic E-state index is 13.7. The normalized spacial score (nSPS) is 11.0. The Bertz CT molecular complexity index is 1270. The molecule has 1 N–H and O–H groups in total. The summed E-state index contributed by atoms with van der Waals surface area (Å²) in [7, 11) is 0. The van der Waals surface area contributed by atoms with Crippen molar-refractivity contribution >= 4 is 23.4 Å². The molecule has 0 bridgehead atoms. The van der Waals surface area contributed by atoms with E-state index >= 15 is 0 Å². The van der Waals surface area contributed by atoms with Crippen LogP contribution in [0.5, 0.6) is 0 Å². The maximum absolute atomic E-state index is 13.7. The molecule has 0 atom stereocenters. The minimum Gasteiger partial charge on any atom is -0.330 e. The Balaban J connectivity index is 1.47. The molecule has 1 amide bonds. The van der Waals surface area contributed by atoms with Gasteiger partial charge in [-0.1, -0.05) is 40.7 Å². The third-order valence-electron chi connectivity index (χ3n) is 4.46. The molecule has 0 saturated heterocycles. The fourth-order valence-corrected chi connectivity index (χ4v) is 3.76. The summed E-state index contributed by atoms with van der Waals surface area (Å²) in [5.41, 5.74) is 1.80. The molecule has 2 aromatic heterocycles. The van der Waals surface area contributed by atoms with Gasteiger partial charge >= 0.3 is 0 Å². The molecule has 4 aromatic rings. The van der Waals surface area contributed by atoms with E-state index in [0.717, 1.165) is 29.0 Å². The molecule has 32 heavy (non-hydrogen) atoms. The molecule has 0 spiro atoms. The van der Waals surface area contributed by atoms with E-state index in [0.29, 0.717) is 29.4 Å². The molecule has 0 saturated carbocycles. The van der Waals surface area contributed by atoms with E-state index in [-0.39, 0.29) is 17.3 Å². The number of nitrogens with one attached hydrogen (secondary N) is 1. The Morgan fingerprint density at radius 2 is 2.03 bits per heavy atom. The molecule has 8 nitrogen and oxygen atoms in total. The van der Waals surface area contributed by atoms with Crippen molar-refractivity contribution in [1.82, 2.24) is 24.9 Å². The quantitative estimate of drug-likeness (QED) is 0.413. The van der Waals surface area contributed by atoms with Crippen molar-refractivity contribution in [3.63, 3.8) is 0 Å². The summed E-state index contributed by atoms with van der Waals surface area (Å²) in [4.78, 5) is 16.6. The number of benzene rings is 2. The van der Waals surface area contributed by atoms with Crippen molar-refractivity contribution in [2.75, 3.05) is 11.1 Å². The molecule has 0 aliphatic heterocycles. The molecule has 2 aromatic carbocycles. The van der Waals surface area contributed by atoms with Crippen molar-refractivity contribution in [2.24, 2.45) is 0 Å². The van der Waals surface area contributed by atoms with Gasteiger partial charge in [-0.15, -0.1) is 10.2 Å². The lowest BCUT2D eigenvalue weighted by Crippen LogP contribution is -2.15. The standard InChI is InChI=1S/C21H18F2N6O2S/c1-3-29-19(20-25-18(28-31-20)13-6-4-5-12(2)9-13)26-27-21(29)32-11-17(30)24-16-8-7-14(22)10-15(16)23/h4-10H,3,11H2,1-2H3,(H,24,30). The fourth-order valence-electron chi connectivity index (χ4n) is 2.96. The molecule has 0 radical (unpaired) electrons. The summed E-state index contributed by atoms with van der Waals surface area (Å²) in [5, 5.41) is 15.1. The van der Waals surface area contributed by atoms with Crippen LogP contribution in [0.4, 0.5) is 14.5 Å². The number of carbonyl (C=O) groups is 1. The first kappa shape index (κ1) is 21.6. The van der Waals surface area contributed by atoms with Crippen LogP contribution in [0.3, 0.4) is 0 Å². The monoisotopic (exact) mass is 456 g/mol. The Morgan fingerprint density at radius 3 is 2.78 bits per heavy atom. The van der Waals surface area contributed by atoms with Crippen LogP contribution in [0.1, 0.15) is 12.5 Å². The van der Waals surface area contributed by atoms with E-state index < -0.39 is 17.5 Å². The number of thioether (sulfide) groups is 1. The van der Waals surface area contributed by atoms with E-state index in [1.165, 1.54) is 6.07 Å². The van der Waals surface area contributed by atoms with Gasteiger partial charge in [0.2, 0.25) is 17.6 Å². The highest BCUT2D eigenvalue weighted by Crippen LogP contribution is 2.26. The lowest BCUT2D eigenvalue weighted by molar-refractivity contribution is -0.113. The van der Waals surface area contributed by atoms with Crippen LogP contribution < -0.4 is 5.32 Å². The zero-order valence-corrected chi connectivity index (χ0v) is 18.0. The van der Waals surface area contributed by atoms with Gasteiger partial charge in [0.1, 0.15) is 11.6 Å². The number of aromatic nitrogens is 5. The van der Waals surface area contributed by atoms with Gasteiger partial charge in [0, 0.05) is 18.2 Å². The largest absolute Gasteiger partial charge is 0.330 e. The van der Waals surface area contributed by atoms with Gasteiger partial charge in [-0.25, -0.2) is 8.78 Å². The number of hydrogen-bond donors (Lipinski definition) is 1. The topological polar surface area (TPSA) is 98.7 Å². The number of nitrogens with zero attached hydrogens (tertiary/aromatic N) is 5. The van der Waals surface area contributed by atoms with Crippen LogP contribution >= 0.6 is 11.8 Å². The number of aryl methyl sites for hydroxylation is 1. The van der Waals surface area contributed by atoms with Crippen molar-refractivity contribution < 1.29 is 18.1 Å². The van der Waals surface area contributed by atoms with E-state index in [9.17, 15) is 13.6 Å². The molecule has 2 heterocycles. The maximum Gasteiger partial charge on any atom is 0.296 e. The minimum atomic E-state index is -0.844. The molecule has 164 valence electrons. The zero-order valence-electron chi connectivity index (χ0n) is 17.2.